The molecule has 0 atom stereocenters. The van der Waals surface area contributed by atoms with Crippen molar-refractivity contribution in [2.45, 2.75) is 32.4 Å². The third-order valence-corrected chi connectivity index (χ3v) is 2.74. The summed E-state index contributed by atoms with van der Waals surface area (Å²) in [5.41, 5.74) is 8.12. The van der Waals surface area contributed by atoms with Crippen LogP contribution in [0.1, 0.15) is 25.3 Å². The molecule has 1 saturated carbocycles. The van der Waals surface area contributed by atoms with Crippen molar-refractivity contribution >= 4 is 5.69 Å². The van der Waals surface area contributed by atoms with Crippen LogP contribution in [-0.2, 0) is 6.54 Å². The first-order valence-electron chi connectivity index (χ1n) is 5.26. The quantitative estimate of drug-likeness (QED) is 0.784. The van der Waals surface area contributed by atoms with Crippen molar-refractivity contribution in [3.05, 3.63) is 24.0 Å². The number of anilines is 1. The molecule has 1 aliphatic rings. The van der Waals surface area contributed by atoms with E-state index in [4.69, 9.17) is 5.73 Å². The van der Waals surface area contributed by atoms with Gasteiger partial charge in [-0.25, -0.2) is 0 Å². The minimum Gasteiger partial charge on any atom is -0.368 e. The van der Waals surface area contributed by atoms with Crippen LogP contribution in [0.25, 0.3) is 0 Å². The highest BCUT2D eigenvalue weighted by atomic mass is 15.2. The van der Waals surface area contributed by atoms with Gasteiger partial charge in [-0.1, -0.05) is 0 Å². The molecule has 14 heavy (non-hydrogen) atoms. The Labute approximate surface area is 84.9 Å². The number of pyridine rings is 1. The topological polar surface area (TPSA) is 42.2 Å². The van der Waals surface area contributed by atoms with Gasteiger partial charge in [0.15, 0.2) is 0 Å². The largest absolute Gasteiger partial charge is 0.368 e. The lowest BCUT2D eigenvalue weighted by molar-refractivity contribution is 0.814. The summed E-state index contributed by atoms with van der Waals surface area (Å²) in [6, 6.07) is 2.82. The lowest BCUT2D eigenvalue weighted by Gasteiger charge is -2.24. The molecule has 2 N–H and O–H groups in total. The normalized spacial score (nSPS) is 15.6. The van der Waals surface area contributed by atoms with E-state index in [-0.39, 0.29) is 0 Å². The highest BCUT2D eigenvalue weighted by Crippen LogP contribution is 2.32. The number of hydrogen-bond donors (Lipinski definition) is 1. The van der Waals surface area contributed by atoms with Crippen LogP contribution in [0.3, 0.4) is 0 Å². The van der Waals surface area contributed by atoms with Crippen molar-refractivity contribution < 1.29 is 0 Å². The predicted molar refractivity (Wildman–Crippen MR) is 58.2 cm³/mol. The zero-order valence-corrected chi connectivity index (χ0v) is 8.61. The molecule has 2 rings (SSSR count). The van der Waals surface area contributed by atoms with Crippen LogP contribution in [0.4, 0.5) is 5.69 Å². The van der Waals surface area contributed by atoms with E-state index in [9.17, 15) is 0 Å². The molecule has 1 aliphatic carbocycles. The molecular weight excluding hydrogens is 174 g/mol. The number of hydrogen-bond acceptors (Lipinski definition) is 3. The van der Waals surface area contributed by atoms with Gasteiger partial charge in [0.1, 0.15) is 0 Å². The highest BCUT2D eigenvalue weighted by Gasteiger charge is 2.28. The Bertz CT molecular complexity index is 307. The molecule has 1 heterocycles. The van der Waals surface area contributed by atoms with Gasteiger partial charge in [-0.05, 0) is 25.8 Å². The van der Waals surface area contributed by atoms with Gasteiger partial charge in [-0.2, -0.15) is 0 Å². The Morgan fingerprint density at radius 2 is 2.36 bits per heavy atom. The van der Waals surface area contributed by atoms with Crippen LogP contribution in [0.2, 0.25) is 0 Å². The number of nitrogens with zero attached hydrogens (tertiary/aromatic N) is 2. The maximum absolute atomic E-state index is 5.70. The van der Waals surface area contributed by atoms with Gasteiger partial charge >= 0.3 is 0 Å². The van der Waals surface area contributed by atoms with Crippen LogP contribution in [0.5, 0.6) is 0 Å². The molecule has 1 fully saturated rings. The van der Waals surface area contributed by atoms with Crippen molar-refractivity contribution in [2.24, 2.45) is 5.73 Å². The summed E-state index contributed by atoms with van der Waals surface area (Å²) in [7, 11) is 0. The molecule has 0 aliphatic heterocycles. The van der Waals surface area contributed by atoms with E-state index in [1.807, 2.05) is 12.4 Å². The van der Waals surface area contributed by atoms with E-state index in [2.05, 4.69) is 22.9 Å². The van der Waals surface area contributed by atoms with Crippen molar-refractivity contribution in [3.8, 4) is 0 Å². The Morgan fingerprint density at radius 1 is 1.57 bits per heavy atom. The molecule has 0 spiro atoms. The molecule has 76 valence electrons. The van der Waals surface area contributed by atoms with Gasteiger partial charge in [-0.3, -0.25) is 4.98 Å². The van der Waals surface area contributed by atoms with Gasteiger partial charge in [-0.15, -0.1) is 0 Å². The lowest BCUT2D eigenvalue weighted by Crippen LogP contribution is -2.26. The van der Waals surface area contributed by atoms with Crippen LogP contribution in [0, 0.1) is 0 Å². The molecule has 1 aromatic rings. The average molecular weight is 191 g/mol. The second-order valence-corrected chi connectivity index (χ2v) is 3.73. The minimum absolute atomic E-state index is 0.576. The van der Waals surface area contributed by atoms with E-state index in [0.717, 1.165) is 18.2 Å². The average Bonchev–Trinajstić information content (AvgIpc) is 3.04. The fourth-order valence-corrected chi connectivity index (χ4v) is 1.87. The summed E-state index contributed by atoms with van der Waals surface area (Å²) in [4.78, 5) is 6.54. The van der Waals surface area contributed by atoms with E-state index < -0.39 is 0 Å². The Kier molecular flexibility index (Phi) is 2.68. The lowest BCUT2D eigenvalue weighted by atomic mass is 10.2. The molecule has 0 saturated heterocycles. The fraction of sp³-hybridized carbons (Fsp3) is 0.545. The number of nitrogens with two attached hydrogens (primary N) is 1. The zero-order valence-electron chi connectivity index (χ0n) is 8.61. The summed E-state index contributed by atoms with van der Waals surface area (Å²) in [6.45, 7) is 3.83. The van der Waals surface area contributed by atoms with Crippen molar-refractivity contribution in [1.29, 1.82) is 0 Å². The first kappa shape index (κ1) is 9.46. The van der Waals surface area contributed by atoms with Crippen LogP contribution in [0.15, 0.2) is 18.5 Å². The van der Waals surface area contributed by atoms with Gasteiger partial charge in [0.2, 0.25) is 0 Å². The Balaban J connectivity index is 2.27. The van der Waals surface area contributed by atoms with Crippen LogP contribution >= 0.6 is 0 Å². The maximum atomic E-state index is 5.70. The van der Waals surface area contributed by atoms with Crippen molar-refractivity contribution in [3.63, 3.8) is 0 Å². The minimum atomic E-state index is 0.576. The highest BCUT2D eigenvalue weighted by molar-refractivity contribution is 5.53. The Morgan fingerprint density at radius 3 is 2.93 bits per heavy atom. The van der Waals surface area contributed by atoms with E-state index in [1.54, 1.807) is 0 Å². The second kappa shape index (κ2) is 3.96. The molecule has 0 aromatic carbocycles. The van der Waals surface area contributed by atoms with E-state index in [0.29, 0.717) is 6.54 Å². The summed E-state index contributed by atoms with van der Waals surface area (Å²) >= 11 is 0. The molecule has 0 radical (unpaired) electrons. The maximum Gasteiger partial charge on any atom is 0.0445 e. The summed E-state index contributed by atoms with van der Waals surface area (Å²) in [5.74, 6) is 0. The standard InChI is InChI=1S/C11H17N3/c1-2-14(10-3-4-10)11-5-6-13-8-9(11)7-12/h5-6,8,10H,2-4,7,12H2,1H3. The first-order chi connectivity index (χ1) is 6.86. The zero-order chi connectivity index (χ0) is 9.97. The third kappa shape index (κ3) is 1.73. The van der Waals surface area contributed by atoms with Crippen molar-refractivity contribution in [2.75, 3.05) is 11.4 Å². The third-order valence-electron chi connectivity index (χ3n) is 2.74. The van der Waals surface area contributed by atoms with Gasteiger partial charge in [0, 0.05) is 42.8 Å². The Hall–Kier alpha value is -1.09. The van der Waals surface area contributed by atoms with E-state index >= 15 is 0 Å². The molecule has 0 bridgehead atoms. The van der Waals surface area contributed by atoms with Gasteiger partial charge in [0.25, 0.3) is 0 Å². The van der Waals surface area contributed by atoms with Crippen LogP contribution in [-0.4, -0.2) is 17.6 Å². The predicted octanol–water partition coefficient (Wildman–Crippen LogP) is 1.53. The smallest absolute Gasteiger partial charge is 0.0445 e. The van der Waals surface area contributed by atoms with Gasteiger partial charge in [0.05, 0.1) is 0 Å². The molecular formula is C11H17N3. The summed E-state index contributed by atoms with van der Waals surface area (Å²) in [5, 5.41) is 0. The van der Waals surface area contributed by atoms with Crippen molar-refractivity contribution in [1.82, 2.24) is 4.98 Å². The number of rotatable bonds is 4. The first-order valence-corrected chi connectivity index (χ1v) is 5.26. The SMILES string of the molecule is CCN(c1ccncc1CN)C1CC1. The monoisotopic (exact) mass is 191 g/mol. The van der Waals surface area contributed by atoms with E-state index in [1.165, 1.54) is 18.5 Å². The fourth-order valence-electron chi connectivity index (χ4n) is 1.87. The summed E-state index contributed by atoms with van der Waals surface area (Å²) < 4.78 is 0. The van der Waals surface area contributed by atoms with Crippen LogP contribution < -0.4 is 10.6 Å². The van der Waals surface area contributed by atoms with Gasteiger partial charge < -0.3 is 10.6 Å². The molecule has 1 aromatic heterocycles. The molecule has 3 nitrogen and oxygen atoms in total. The molecule has 3 heteroatoms. The molecule has 0 unspecified atom stereocenters. The second-order valence-electron chi connectivity index (χ2n) is 3.73. The number of aromatic nitrogens is 1. The molecule has 0 amide bonds. The summed E-state index contributed by atoms with van der Waals surface area (Å²) in [6.07, 6.45) is 6.36.